The Hall–Kier alpha value is -2.75. The summed E-state index contributed by atoms with van der Waals surface area (Å²) in [6, 6.07) is 18.4. The van der Waals surface area contributed by atoms with Crippen LogP contribution in [0.15, 0.2) is 60.7 Å². The number of aromatic nitrogens is 1. The highest BCUT2D eigenvalue weighted by atomic mass is 32.2. The van der Waals surface area contributed by atoms with E-state index in [1.54, 1.807) is 35.6 Å². The zero-order valence-electron chi connectivity index (χ0n) is 16.2. The molecule has 6 nitrogen and oxygen atoms in total. The van der Waals surface area contributed by atoms with Gasteiger partial charge in [0.15, 0.2) is 0 Å². The lowest BCUT2D eigenvalue weighted by atomic mass is 10.1. The minimum absolute atomic E-state index is 0.179. The van der Waals surface area contributed by atoms with Crippen molar-refractivity contribution in [2.24, 2.45) is 0 Å². The van der Waals surface area contributed by atoms with E-state index in [-0.39, 0.29) is 11.9 Å². The number of carbonyl (C=O) groups is 1. The minimum atomic E-state index is -3.36. The van der Waals surface area contributed by atoms with Gasteiger partial charge in [0.05, 0.1) is 32.3 Å². The van der Waals surface area contributed by atoms with Crippen LogP contribution in [0, 0.1) is 0 Å². The zero-order chi connectivity index (χ0) is 21.3. The second-order valence-electron chi connectivity index (χ2n) is 6.85. The summed E-state index contributed by atoms with van der Waals surface area (Å²) in [6.45, 7) is 1.86. The predicted molar refractivity (Wildman–Crippen MR) is 124 cm³/mol. The summed E-state index contributed by atoms with van der Waals surface area (Å²) in [6.07, 6.45) is 1.10. The summed E-state index contributed by atoms with van der Waals surface area (Å²) < 4.78 is 26.4. The molecule has 0 bridgehead atoms. The van der Waals surface area contributed by atoms with Crippen molar-refractivity contribution in [3.8, 4) is 9.88 Å². The lowest BCUT2D eigenvalue weighted by molar-refractivity contribution is 0.0944. The van der Waals surface area contributed by atoms with Gasteiger partial charge < -0.3 is 5.32 Å². The first-order chi connectivity index (χ1) is 14.3. The van der Waals surface area contributed by atoms with E-state index in [0.717, 1.165) is 31.9 Å². The van der Waals surface area contributed by atoms with E-state index in [4.69, 9.17) is 0 Å². The van der Waals surface area contributed by atoms with E-state index in [2.05, 4.69) is 15.0 Å². The maximum absolute atomic E-state index is 12.7. The van der Waals surface area contributed by atoms with E-state index in [0.29, 0.717) is 10.6 Å². The fourth-order valence-corrected chi connectivity index (χ4v) is 5.47. The highest BCUT2D eigenvalue weighted by Gasteiger charge is 2.16. The van der Waals surface area contributed by atoms with Crippen molar-refractivity contribution in [1.29, 1.82) is 0 Å². The van der Waals surface area contributed by atoms with Crippen molar-refractivity contribution >= 4 is 54.5 Å². The molecule has 0 aliphatic rings. The van der Waals surface area contributed by atoms with E-state index >= 15 is 0 Å². The molecule has 0 saturated carbocycles. The van der Waals surface area contributed by atoms with Crippen LogP contribution in [0.25, 0.3) is 20.1 Å². The third kappa shape index (κ3) is 4.69. The summed E-state index contributed by atoms with van der Waals surface area (Å²) in [4.78, 5) is 18.9. The van der Waals surface area contributed by atoms with Crippen molar-refractivity contribution in [3.05, 3.63) is 71.1 Å². The van der Waals surface area contributed by atoms with E-state index in [1.165, 1.54) is 11.3 Å². The van der Waals surface area contributed by atoms with Gasteiger partial charge >= 0.3 is 0 Å². The van der Waals surface area contributed by atoms with Crippen LogP contribution in [0.1, 0.15) is 28.2 Å². The maximum Gasteiger partial charge on any atom is 0.261 e. The Balaban J connectivity index is 1.48. The normalized spacial score (nSPS) is 12.6. The fourth-order valence-electron chi connectivity index (χ4n) is 2.99. The van der Waals surface area contributed by atoms with Gasteiger partial charge in [-0.3, -0.25) is 9.52 Å². The quantitative estimate of drug-likeness (QED) is 0.432. The van der Waals surface area contributed by atoms with Crippen LogP contribution in [-0.4, -0.2) is 25.6 Å². The third-order valence-corrected chi connectivity index (χ3v) is 7.27. The molecule has 9 heteroatoms. The highest BCUT2D eigenvalue weighted by Crippen LogP contribution is 2.34. The molecule has 0 fully saturated rings. The van der Waals surface area contributed by atoms with Crippen LogP contribution in [0.2, 0.25) is 0 Å². The van der Waals surface area contributed by atoms with E-state index in [9.17, 15) is 13.2 Å². The second kappa shape index (κ2) is 8.17. The van der Waals surface area contributed by atoms with Gasteiger partial charge in [0.2, 0.25) is 10.0 Å². The average Bonchev–Trinajstić information content (AvgIpc) is 3.33. The van der Waals surface area contributed by atoms with Crippen LogP contribution in [0.3, 0.4) is 0 Å². The lowest BCUT2D eigenvalue weighted by Crippen LogP contribution is -2.26. The van der Waals surface area contributed by atoms with Crippen molar-refractivity contribution in [1.82, 2.24) is 10.3 Å². The maximum atomic E-state index is 12.7. The van der Waals surface area contributed by atoms with E-state index < -0.39 is 10.0 Å². The molecule has 30 heavy (non-hydrogen) atoms. The molecule has 2 aromatic heterocycles. The standard InChI is InChI=1S/C21H19N3O3S3/c1-13(14-6-5-7-15(12-14)24-30(2,26)27)22-20(25)18-10-11-19(28-18)21-23-16-8-3-4-9-17(16)29-21/h3-13,24H,1-2H3,(H,22,25). The van der Waals surface area contributed by atoms with Crippen LogP contribution < -0.4 is 10.0 Å². The predicted octanol–water partition coefficient (Wildman–Crippen LogP) is 4.89. The Labute approximate surface area is 182 Å². The Morgan fingerprint density at radius 2 is 1.83 bits per heavy atom. The molecule has 4 aromatic rings. The van der Waals surface area contributed by atoms with Gasteiger partial charge in [0, 0.05) is 5.69 Å². The molecule has 0 spiro atoms. The van der Waals surface area contributed by atoms with Crippen molar-refractivity contribution in [2.75, 3.05) is 11.0 Å². The molecular weight excluding hydrogens is 438 g/mol. The first kappa shape index (κ1) is 20.5. The summed E-state index contributed by atoms with van der Waals surface area (Å²) in [5, 5.41) is 3.87. The first-order valence-corrected chi connectivity index (χ1v) is 12.7. The molecule has 2 aromatic carbocycles. The fraction of sp³-hybridized carbons (Fsp3) is 0.143. The molecule has 0 aliphatic heterocycles. The number of hydrogen-bond acceptors (Lipinski definition) is 6. The summed E-state index contributed by atoms with van der Waals surface area (Å²) in [7, 11) is -3.36. The summed E-state index contributed by atoms with van der Waals surface area (Å²) >= 11 is 3.01. The molecule has 1 atom stereocenters. The van der Waals surface area contributed by atoms with Crippen LogP contribution in [0.5, 0.6) is 0 Å². The Morgan fingerprint density at radius 1 is 1.03 bits per heavy atom. The van der Waals surface area contributed by atoms with Gasteiger partial charge in [-0.15, -0.1) is 22.7 Å². The molecule has 154 valence electrons. The number of para-hydroxylation sites is 1. The van der Waals surface area contributed by atoms with Gasteiger partial charge in [-0.1, -0.05) is 24.3 Å². The number of sulfonamides is 1. The molecule has 0 saturated heterocycles. The van der Waals surface area contributed by atoms with Crippen LogP contribution in [-0.2, 0) is 10.0 Å². The topological polar surface area (TPSA) is 88.2 Å². The molecule has 0 aliphatic carbocycles. The monoisotopic (exact) mass is 457 g/mol. The molecule has 2 N–H and O–H groups in total. The van der Waals surface area contributed by atoms with Crippen molar-refractivity contribution < 1.29 is 13.2 Å². The van der Waals surface area contributed by atoms with Gasteiger partial charge in [0.25, 0.3) is 5.91 Å². The number of thiazole rings is 1. The van der Waals surface area contributed by atoms with Crippen molar-refractivity contribution in [3.63, 3.8) is 0 Å². The Bertz CT molecular complexity index is 1290. The molecule has 4 rings (SSSR count). The smallest absolute Gasteiger partial charge is 0.261 e. The molecule has 0 radical (unpaired) electrons. The van der Waals surface area contributed by atoms with Gasteiger partial charge in [0.1, 0.15) is 5.01 Å². The minimum Gasteiger partial charge on any atom is -0.345 e. The van der Waals surface area contributed by atoms with E-state index in [1.807, 2.05) is 43.3 Å². The second-order valence-corrected chi connectivity index (χ2v) is 10.7. The number of thiophene rings is 1. The Kier molecular flexibility index (Phi) is 5.59. The number of fused-ring (bicyclic) bond motifs is 1. The van der Waals surface area contributed by atoms with Crippen LogP contribution >= 0.6 is 22.7 Å². The summed E-state index contributed by atoms with van der Waals surface area (Å²) in [5.41, 5.74) is 2.22. The molecule has 1 unspecified atom stereocenters. The number of anilines is 1. The zero-order valence-corrected chi connectivity index (χ0v) is 18.7. The summed E-state index contributed by atoms with van der Waals surface area (Å²) in [5.74, 6) is -0.179. The number of benzene rings is 2. The number of rotatable bonds is 6. The van der Waals surface area contributed by atoms with Gasteiger partial charge in [-0.25, -0.2) is 13.4 Å². The molecular formula is C21H19N3O3S3. The number of carbonyl (C=O) groups excluding carboxylic acids is 1. The average molecular weight is 458 g/mol. The number of amides is 1. The van der Waals surface area contributed by atoms with Gasteiger partial charge in [-0.2, -0.15) is 0 Å². The first-order valence-electron chi connectivity index (χ1n) is 9.13. The number of nitrogens with one attached hydrogen (secondary N) is 2. The lowest BCUT2D eigenvalue weighted by Gasteiger charge is -2.15. The van der Waals surface area contributed by atoms with Gasteiger partial charge in [-0.05, 0) is 48.9 Å². The third-order valence-electron chi connectivity index (χ3n) is 4.37. The van der Waals surface area contributed by atoms with Crippen LogP contribution in [0.4, 0.5) is 5.69 Å². The SMILES string of the molecule is CC(NC(=O)c1ccc(-c2nc3ccccc3s2)s1)c1cccc(NS(C)(=O)=O)c1. The highest BCUT2D eigenvalue weighted by molar-refractivity contribution is 7.92. The van der Waals surface area contributed by atoms with Crippen molar-refractivity contribution in [2.45, 2.75) is 13.0 Å². The number of nitrogens with zero attached hydrogens (tertiary/aromatic N) is 1. The number of hydrogen-bond donors (Lipinski definition) is 2. The Morgan fingerprint density at radius 3 is 2.60 bits per heavy atom. The molecule has 2 heterocycles. The largest absolute Gasteiger partial charge is 0.345 e. The molecule has 1 amide bonds.